The fraction of sp³-hybridized carbons (Fsp3) is 0.941. The van der Waals surface area contributed by atoms with Crippen molar-refractivity contribution in [3.8, 4) is 0 Å². The molecule has 0 saturated carbocycles. The van der Waals surface area contributed by atoms with Gasteiger partial charge in [0, 0.05) is 13.1 Å². The van der Waals surface area contributed by atoms with Crippen molar-refractivity contribution in [2.45, 2.75) is 71.6 Å². The maximum atomic E-state index is 12.1. The molecule has 4 N–H and O–H groups in total. The van der Waals surface area contributed by atoms with Crippen LogP contribution in [0.4, 0.5) is 0 Å². The molecular weight excluding hydrogens is 314 g/mol. The Balaban J connectivity index is 0.00000484. The summed E-state index contributed by atoms with van der Waals surface area (Å²) in [6.45, 7) is 11.2. The van der Waals surface area contributed by atoms with Gasteiger partial charge in [-0.1, -0.05) is 27.7 Å². The van der Waals surface area contributed by atoms with Crippen molar-refractivity contribution in [3.05, 3.63) is 0 Å². The van der Waals surface area contributed by atoms with Crippen LogP contribution in [-0.2, 0) is 4.79 Å². The molecule has 1 aliphatic heterocycles. The average molecular weight is 350 g/mol. The molecule has 0 spiro atoms. The van der Waals surface area contributed by atoms with E-state index in [1.165, 1.54) is 12.8 Å². The Labute approximate surface area is 147 Å². The Morgan fingerprint density at radius 3 is 2.48 bits per heavy atom. The second kappa shape index (κ2) is 11.2. The number of amides is 1. The lowest BCUT2D eigenvalue weighted by atomic mass is 9.99. The summed E-state index contributed by atoms with van der Waals surface area (Å²) in [7, 11) is 0. The van der Waals surface area contributed by atoms with Gasteiger partial charge in [0.2, 0.25) is 5.91 Å². The van der Waals surface area contributed by atoms with Gasteiger partial charge in [0.15, 0.2) is 0 Å². The van der Waals surface area contributed by atoms with E-state index in [2.05, 4.69) is 37.9 Å². The van der Waals surface area contributed by atoms with Crippen LogP contribution in [0, 0.1) is 11.8 Å². The lowest BCUT2D eigenvalue weighted by molar-refractivity contribution is -0.125. The van der Waals surface area contributed by atoms with Crippen molar-refractivity contribution in [2.75, 3.05) is 19.6 Å². The molecule has 23 heavy (non-hydrogen) atoms. The molecule has 0 aromatic rings. The second-order valence-corrected chi connectivity index (χ2v) is 7.54. The third-order valence-electron chi connectivity index (χ3n) is 4.31. The number of nitrogens with one attached hydrogen (secondary N) is 1. The smallest absolute Gasteiger partial charge is 0.237 e. The Hall–Kier alpha value is -0.360. The number of rotatable bonds is 8. The first-order valence-corrected chi connectivity index (χ1v) is 8.76. The molecule has 1 saturated heterocycles. The molecule has 0 aromatic heterocycles. The van der Waals surface area contributed by atoms with Gasteiger partial charge < -0.3 is 21.1 Å². The minimum absolute atomic E-state index is 0. The van der Waals surface area contributed by atoms with Crippen molar-refractivity contribution in [2.24, 2.45) is 17.6 Å². The SMILES string of the molecule is CC(C)CCCN1CCC(NC(=O)[C@@H](N)CC(C)C)C(O)C1.Cl. The first-order valence-electron chi connectivity index (χ1n) is 8.76. The number of aliphatic hydroxyl groups is 1. The lowest BCUT2D eigenvalue weighted by Crippen LogP contribution is -2.56. The highest BCUT2D eigenvalue weighted by Gasteiger charge is 2.29. The van der Waals surface area contributed by atoms with E-state index in [4.69, 9.17) is 5.73 Å². The molecule has 1 rings (SSSR count). The standard InChI is InChI=1S/C17H35N3O2.ClH/c1-12(2)6-5-8-20-9-7-15(16(21)11-20)19-17(22)14(18)10-13(3)4;/h12-16,21H,5-11,18H2,1-4H3,(H,19,22);1H/t14-,15?,16?;/m0./s1. The van der Waals surface area contributed by atoms with E-state index < -0.39 is 12.1 Å². The largest absolute Gasteiger partial charge is 0.390 e. The number of piperidine rings is 1. The quantitative estimate of drug-likeness (QED) is 0.624. The predicted molar refractivity (Wildman–Crippen MR) is 97.7 cm³/mol. The first-order chi connectivity index (χ1) is 10.3. The molecule has 0 aliphatic carbocycles. The zero-order valence-corrected chi connectivity index (χ0v) is 15.9. The van der Waals surface area contributed by atoms with Gasteiger partial charge >= 0.3 is 0 Å². The molecule has 6 heteroatoms. The van der Waals surface area contributed by atoms with Crippen LogP contribution in [0.3, 0.4) is 0 Å². The molecule has 0 radical (unpaired) electrons. The van der Waals surface area contributed by atoms with Crippen molar-refractivity contribution < 1.29 is 9.90 Å². The molecule has 138 valence electrons. The van der Waals surface area contributed by atoms with Gasteiger partial charge in [-0.2, -0.15) is 0 Å². The minimum Gasteiger partial charge on any atom is -0.390 e. The summed E-state index contributed by atoms with van der Waals surface area (Å²) in [5, 5.41) is 13.2. The number of halogens is 1. The van der Waals surface area contributed by atoms with Gasteiger partial charge in [-0.25, -0.2) is 0 Å². The highest BCUT2D eigenvalue weighted by Crippen LogP contribution is 2.14. The molecule has 1 amide bonds. The summed E-state index contributed by atoms with van der Waals surface area (Å²) in [5.41, 5.74) is 5.90. The molecule has 2 unspecified atom stereocenters. The number of hydrogen-bond acceptors (Lipinski definition) is 4. The van der Waals surface area contributed by atoms with E-state index in [0.29, 0.717) is 18.9 Å². The Morgan fingerprint density at radius 1 is 1.30 bits per heavy atom. The van der Waals surface area contributed by atoms with E-state index in [1.807, 2.05) is 0 Å². The van der Waals surface area contributed by atoms with Gasteiger partial charge in [-0.15, -0.1) is 12.4 Å². The predicted octanol–water partition coefficient (Wildman–Crippen LogP) is 1.77. The number of β-amino-alcohol motifs (C(OH)–C–C–N with tert-alkyl or cyclic N) is 1. The van der Waals surface area contributed by atoms with Gasteiger partial charge in [0.05, 0.1) is 18.2 Å². The summed E-state index contributed by atoms with van der Waals surface area (Å²) in [6.07, 6.45) is 3.36. The summed E-state index contributed by atoms with van der Waals surface area (Å²) >= 11 is 0. The first kappa shape index (κ1) is 22.6. The van der Waals surface area contributed by atoms with Crippen LogP contribution in [0.1, 0.15) is 53.4 Å². The highest BCUT2D eigenvalue weighted by molar-refractivity contribution is 5.85. The van der Waals surface area contributed by atoms with Crippen LogP contribution < -0.4 is 11.1 Å². The monoisotopic (exact) mass is 349 g/mol. The summed E-state index contributed by atoms with van der Waals surface area (Å²) in [6, 6.07) is -0.636. The fourth-order valence-electron chi connectivity index (χ4n) is 3.00. The number of carbonyl (C=O) groups excluding carboxylic acids is 1. The number of aliphatic hydroxyl groups excluding tert-OH is 1. The normalized spacial score (nSPS) is 23.7. The fourth-order valence-corrected chi connectivity index (χ4v) is 3.00. The summed E-state index contributed by atoms with van der Waals surface area (Å²) < 4.78 is 0. The molecule has 1 heterocycles. The molecule has 5 nitrogen and oxygen atoms in total. The third kappa shape index (κ3) is 8.89. The van der Waals surface area contributed by atoms with Crippen LogP contribution >= 0.6 is 12.4 Å². The molecule has 1 fully saturated rings. The van der Waals surface area contributed by atoms with Crippen molar-refractivity contribution in [3.63, 3.8) is 0 Å². The van der Waals surface area contributed by atoms with E-state index in [1.54, 1.807) is 0 Å². The second-order valence-electron chi connectivity index (χ2n) is 7.54. The average Bonchev–Trinajstić information content (AvgIpc) is 2.40. The topological polar surface area (TPSA) is 78.6 Å². The Bertz CT molecular complexity index is 340. The van der Waals surface area contributed by atoms with Crippen molar-refractivity contribution >= 4 is 18.3 Å². The summed E-state index contributed by atoms with van der Waals surface area (Å²) in [5.74, 6) is 0.990. The maximum Gasteiger partial charge on any atom is 0.237 e. The van der Waals surface area contributed by atoms with Crippen LogP contribution in [0.25, 0.3) is 0 Å². The number of nitrogens with two attached hydrogens (primary N) is 1. The van der Waals surface area contributed by atoms with Crippen LogP contribution in [0.5, 0.6) is 0 Å². The minimum atomic E-state index is -0.497. The van der Waals surface area contributed by atoms with Crippen LogP contribution in [-0.4, -0.2) is 53.7 Å². The highest BCUT2D eigenvalue weighted by atomic mass is 35.5. The third-order valence-corrected chi connectivity index (χ3v) is 4.31. The van der Waals surface area contributed by atoms with Crippen molar-refractivity contribution in [1.82, 2.24) is 10.2 Å². The molecule has 0 aromatic carbocycles. The molecule has 3 atom stereocenters. The zero-order valence-electron chi connectivity index (χ0n) is 15.1. The molecule has 0 bridgehead atoms. The number of hydrogen-bond donors (Lipinski definition) is 3. The summed E-state index contributed by atoms with van der Waals surface area (Å²) in [4.78, 5) is 14.4. The number of nitrogens with zero attached hydrogens (tertiary/aromatic N) is 1. The van der Waals surface area contributed by atoms with E-state index >= 15 is 0 Å². The van der Waals surface area contributed by atoms with E-state index in [-0.39, 0.29) is 24.4 Å². The van der Waals surface area contributed by atoms with Crippen LogP contribution in [0.15, 0.2) is 0 Å². The Morgan fingerprint density at radius 2 is 1.96 bits per heavy atom. The lowest BCUT2D eigenvalue weighted by Gasteiger charge is -2.36. The number of likely N-dealkylation sites (tertiary alicyclic amines) is 1. The number of carbonyl (C=O) groups is 1. The molecule has 1 aliphatic rings. The van der Waals surface area contributed by atoms with Gasteiger partial charge in [0.25, 0.3) is 0 Å². The van der Waals surface area contributed by atoms with E-state index in [9.17, 15) is 9.90 Å². The van der Waals surface area contributed by atoms with Crippen molar-refractivity contribution in [1.29, 1.82) is 0 Å². The van der Waals surface area contributed by atoms with Gasteiger partial charge in [-0.05, 0) is 44.1 Å². The van der Waals surface area contributed by atoms with E-state index in [0.717, 1.165) is 25.4 Å². The van der Waals surface area contributed by atoms with Gasteiger partial charge in [0.1, 0.15) is 0 Å². The van der Waals surface area contributed by atoms with Gasteiger partial charge in [-0.3, -0.25) is 4.79 Å². The molecular formula is C17H36ClN3O2. The van der Waals surface area contributed by atoms with Crippen LogP contribution in [0.2, 0.25) is 0 Å². The zero-order chi connectivity index (χ0) is 16.7. The Kier molecular flexibility index (Phi) is 11.1. The maximum absolute atomic E-state index is 12.1.